The number of hydrogen-bond acceptors (Lipinski definition) is 0. The van der Waals surface area contributed by atoms with Gasteiger partial charge < -0.3 is 0 Å². The topological polar surface area (TPSA) is 0 Å². The predicted molar refractivity (Wildman–Crippen MR) is 43.2 cm³/mol. The molecule has 1 aromatic rings. The third-order valence-electron chi connectivity index (χ3n) is 0.845. The first-order chi connectivity index (χ1) is 4.18. The van der Waals surface area contributed by atoms with Crippen molar-refractivity contribution in [3.63, 3.8) is 0 Å². The number of rotatable bonds is 0. The highest BCUT2D eigenvalue weighted by Crippen LogP contribution is 2.19. The molecule has 0 heterocycles. The molecular formula is C6H3ClS2. The van der Waals surface area contributed by atoms with Gasteiger partial charge in [0.15, 0.2) is 0 Å². The Morgan fingerprint density at radius 3 is 1.78 bits per heavy atom. The van der Waals surface area contributed by atoms with Crippen LogP contribution in [-0.4, -0.2) is 0 Å². The van der Waals surface area contributed by atoms with E-state index in [0.717, 1.165) is 0 Å². The number of halogens is 1. The lowest BCUT2D eigenvalue weighted by molar-refractivity contribution is 1.35. The maximum Gasteiger partial charge on any atom is 0.0434 e. The van der Waals surface area contributed by atoms with E-state index in [1.165, 1.54) is 0 Å². The zero-order valence-corrected chi connectivity index (χ0v) is 6.82. The van der Waals surface area contributed by atoms with Crippen molar-refractivity contribution in [2.45, 2.75) is 9.79 Å². The monoisotopic (exact) mass is 174 g/mol. The Kier molecular flexibility index (Phi) is 2.11. The number of benzene rings is 1. The highest BCUT2D eigenvalue weighted by Gasteiger charge is 1.92. The molecule has 0 amide bonds. The van der Waals surface area contributed by atoms with Crippen LogP contribution in [0.15, 0.2) is 28.0 Å². The summed E-state index contributed by atoms with van der Waals surface area (Å²) in [5.41, 5.74) is 0. The van der Waals surface area contributed by atoms with Gasteiger partial charge in [0.25, 0.3) is 0 Å². The quantitative estimate of drug-likeness (QED) is 0.565. The molecule has 0 aliphatic rings. The van der Waals surface area contributed by atoms with Crippen LogP contribution in [0.4, 0.5) is 0 Å². The lowest BCUT2D eigenvalue weighted by Crippen LogP contribution is -1.67. The molecule has 0 saturated heterocycles. The summed E-state index contributed by atoms with van der Waals surface area (Å²) in [6.07, 6.45) is 0. The van der Waals surface area contributed by atoms with Gasteiger partial charge in [0, 0.05) is 14.8 Å². The highest BCUT2D eigenvalue weighted by molar-refractivity contribution is 7.81. The molecule has 2 radical (unpaired) electrons. The van der Waals surface area contributed by atoms with Gasteiger partial charge in [0.2, 0.25) is 0 Å². The molecule has 9 heavy (non-hydrogen) atoms. The van der Waals surface area contributed by atoms with E-state index in [1.54, 1.807) is 18.2 Å². The fourth-order valence-corrected chi connectivity index (χ4v) is 1.48. The fourth-order valence-electron chi connectivity index (χ4n) is 0.537. The molecule has 0 saturated carbocycles. The van der Waals surface area contributed by atoms with E-state index in [4.69, 9.17) is 36.9 Å². The molecule has 0 fully saturated rings. The van der Waals surface area contributed by atoms with Crippen LogP contribution < -0.4 is 0 Å². The average molecular weight is 175 g/mol. The van der Waals surface area contributed by atoms with Crippen LogP contribution in [0.1, 0.15) is 0 Å². The van der Waals surface area contributed by atoms with Crippen molar-refractivity contribution in [2.75, 3.05) is 0 Å². The van der Waals surface area contributed by atoms with Crippen LogP contribution in [0.5, 0.6) is 0 Å². The Labute approximate surface area is 70.0 Å². The van der Waals surface area contributed by atoms with Crippen molar-refractivity contribution in [2.24, 2.45) is 0 Å². The smallest absolute Gasteiger partial charge is 0.0434 e. The zero-order chi connectivity index (χ0) is 6.85. The van der Waals surface area contributed by atoms with Gasteiger partial charge in [-0.2, -0.15) is 0 Å². The molecule has 0 aliphatic carbocycles. The van der Waals surface area contributed by atoms with Gasteiger partial charge in [-0.3, -0.25) is 0 Å². The van der Waals surface area contributed by atoms with Crippen LogP contribution >= 0.6 is 36.9 Å². The molecule has 0 unspecified atom stereocenters. The van der Waals surface area contributed by atoms with Crippen LogP contribution in [0.2, 0.25) is 5.02 Å². The second-order valence-corrected chi connectivity index (χ2v) is 3.00. The average Bonchev–Trinajstić information content (AvgIpc) is 1.59. The Morgan fingerprint density at radius 1 is 1.00 bits per heavy atom. The predicted octanol–water partition coefficient (Wildman–Crippen LogP) is 3.45. The molecule has 1 aromatic carbocycles. The van der Waals surface area contributed by atoms with Gasteiger partial charge in [-0.05, 0) is 18.2 Å². The largest absolute Gasteiger partial charge is 0.0842 e. The summed E-state index contributed by atoms with van der Waals surface area (Å²) in [7, 11) is 0. The number of hydrogen-bond donors (Lipinski definition) is 0. The van der Waals surface area contributed by atoms with E-state index in [-0.39, 0.29) is 0 Å². The minimum atomic E-state index is 0.618. The van der Waals surface area contributed by atoms with E-state index in [1.807, 2.05) is 0 Å². The lowest BCUT2D eigenvalue weighted by Gasteiger charge is -1.91. The van der Waals surface area contributed by atoms with E-state index in [0.29, 0.717) is 14.8 Å². The van der Waals surface area contributed by atoms with Gasteiger partial charge >= 0.3 is 0 Å². The first-order valence-electron chi connectivity index (χ1n) is 2.33. The summed E-state index contributed by atoms with van der Waals surface area (Å²) in [5.74, 6) is 0. The molecule has 0 nitrogen and oxygen atoms in total. The van der Waals surface area contributed by atoms with Crippen molar-refractivity contribution in [1.82, 2.24) is 0 Å². The molecule has 3 heteroatoms. The Bertz CT molecular complexity index is 172. The van der Waals surface area contributed by atoms with Gasteiger partial charge in [0.1, 0.15) is 0 Å². The first-order valence-corrected chi connectivity index (χ1v) is 3.52. The molecule has 0 N–H and O–H groups in total. The molecular weight excluding hydrogens is 172 g/mol. The van der Waals surface area contributed by atoms with Crippen molar-refractivity contribution < 1.29 is 0 Å². The Hall–Kier alpha value is -0.0500. The van der Waals surface area contributed by atoms with Crippen LogP contribution in [0.3, 0.4) is 0 Å². The van der Waals surface area contributed by atoms with E-state index in [2.05, 4.69) is 0 Å². The normalized spacial score (nSPS) is 9.44. The molecule has 1 rings (SSSR count). The second kappa shape index (κ2) is 2.69. The molecule has 0 atom stereocenters. The van der Waals surface area contributed by atoms with Crippen LogP contribution in [0, 0.1) is 0 Å². The van der Waals surface area contributed by atoms with Crippen molar-refractivity contribution in [1.29, 1.82) is 0 Å². The lowest BCUT2D eigenvalue weighted by atomic mass is 10.4. The van der Waals surface area contributed by atoms with Crippen molar-refractivity contribution >= 4 is 36.9 Å². The summed E-state index contributed by atoms with van der Waals surface area (Å²) < 4.78 is 0. The van der Waals surface area contributed by atoms with E-state index < -0.39 is 0 Å². The summed E-state index contributed by atoms with van der Waals surface area (Å²) in [5, 5.41) is 0.618. The molecule has 0 spiro atoms. The van der Waals surface area contributed by atoms with Crippen molar-refractivity contribution in [3.8, 4) is 0 Å². The molecule has 0 aromatic heterocycles. The Balaban J connectivity index is 3.17. The summed E-state index contributed by atoms with van der Waals surface area (Å²) in [6.45, 7) is 0. The maximum atomic E-state index is 5.62. The molecule has 0 bridgehead atoms. The van der Waals surface area contributed by atoms with Gasteiger partial charge in [-0.15, -0.1) is 0 Å². The maximum absolute atomic E-state index is 5.62. The zero-order valence-electron chi connectivity index (χ0n) is 4.43. The minimum absolute atomic E-state index is 0.618. The summed E-state index contributed by atoms with van der Waals surface area (Å²) >= 11 is 15.3. The second-order valence-electron chi connectivity index (χ2n) is 1.62. The van der Waals surface area contributed by atoms with E-state index in [9.17, 15) is 0 Å². The standard InChI is InChI=1S/C6H3ClS2/c7-4-1-5(8)3-6(9)2-4/h1-3H. The van der Waals surface area contributed by atoms with Gasteiger partial charge in [0.05, 0.1) is 0 Å². The first kappa shape index (κ1) is 7.06. The van der Waals surface area contributed by atoms with Gasteiger partial charge in [-0.25, -0.2) is 0 Å². The van der Waals surface area contributed by atoms with Gasteiger partial charge in [-0.1, -0.05) is 36.9 Å². The van der Waals surface area contributed by atoms with Crippen molar-refractivity contribution in [3.05, 3.63) is 23.2 Å². The highest BCUT2D eigenvalue weighted by atomic mass is 35.5. The summed E-state index contributed by atoms with van der Waals surface area (Å²) in [6, 6.07) is 5.13. The molecule has 46 valence electrons. The minimum Gasteiger partial charge on any atom is -0.0842 e. The SMILES string of the molecule is [S]c1cc([S])cc(Cl)c1. The molecule has 0 aliphatic heterocycles. The summed E-state index contributed by atoms with van der Waals surface area (Å²) in [4.78, 5) is 1.40. The Morgan fingerprint density at radius 2 is 1.44 bits per heavy atom. The fraction of sp³-hybridized carbons (Fsp3) is 0. The van der Waals surface area contributed by atoms with E-state index >= 15 is 0 Å². The third-order valence-corrected chi connectivity index (χ3v) is 1.53. The van der Waals surface area contributed by atoms with Crippen LogP contribution in [-0.2, 0) is 0 Å². The van der Waals surface area contributed by atoms with Crippen LogP contribution in [0.25, 0.3) is 0 Å². The third kappa shape index (κ3) is 1.97.